The number of benzene rings is 2. The third kappa shape index (κ3) is 2.78. The van der Waals surface area contributed by atoms with E-state index in [4.69, 9.17) is 11.6 Å². The molecule has 1 aromatic heterocycles. The molecule has 0 saturated heterocycles. The molecule has 0 unspecified atom stereocenters. The molecule has 0 radical (unpaired) electrons. The van der Waals surface area contributed by atoms with Crippen LogP contribution in [0.15, 0.2) is 54.7 Å². The van der Waals surface area contributed by atoms with Crippen LogP contribution >= 0.6 is 11.6 Å². The summed E-state index contributed by atoms with van der Waals surface area (Å²) in [5.41, 5.74) is 3.99. The minimum atomic E-state index is 0.690. The summed E-state index contributed by atoms with van der Waals surface area (Å²) in [6.07, 6.45) is 2.00. The molecule has 21 heavy (non-hydrogen) atoms. The maximum Gasteiger partial charge on any atom is 0.212 e. The van der Waals surface area contributed by atoms with E-state index in [2.05, 4.69) is 10.3 Å². The molecule has 4 heteroatoms. The maximum absolute atomic E-state index is 6.29. The van der Waals surface area contributed by atoms with E-state index in [1.54, 1.807) is 0 Å². The number of aromatic nitrogens is 2. The number of anilines is 2. The molecule has 0 atom stereocenters. The fourth-order valence-corrected chi connectivity index (χ4v) is 2.54. The molecule has 0 fully saturated rings. The van der Waals surface area contributed by atoms with Crippen molar-refractivity contribution in [3.8, 4) is 5.69 Å². The van der Waals surface area contributed by atoms with Crippen molar-refractivity contribution in [2.45, 2.75) is 13.8 Å². The first-order valence-corrected chi connectivity index (χ1v) is 7.16. The van der Waals surface area contributed by atoms with Gasteiger partial charge in [-0.2, -0.15) is 0 Å². The van der Waals surface area contributed by atoms with Crippen LogP contribution in [-0.2, 0) is 0 Å². The molecule has 1 N–H and O–H groups in total. The zero-order valence-electron chi connectivity index (χ0n) is 12.0. The van der Waals surface area contributed by atoms with E-state index in [1.165, 1.54) is 0 Å². The average molecular weight is 298 g/mol. The minimum absolute atomic E-state index is 0.690. The molecule has 0 aliphatic rings. The Morgan fingerprint density at radius 1 is 1.00 bits per heavy atom. The Hall–Kier alpha value is -2.26. The zero-order valence-corrected chi connectivity index (χ0v) is 12.7. The third-order valence-corrected chi connectivity index (χ3v) is 3.63. The Morgan fingerprint density at radius 3 is 2.48 bits per heavy atom. The van der Waals surface area contributed by atoms with Gasteiger partial charge >= 0.3 is 0 Å². The largest absolute Gasteiger partial charge is 0.324 e. The van der Waals surface area contributed by atoms with Gasteiger partial charge in [0.2, 0.25) is 5.95 Å². The second-order valence-electron chi connectivity index (χ2n) is 4.97. The second-order valence-corrected chi connectivity index (χ2v) is 5.38. The van der Waals surface area contributed by atoms with E-state index in [-0.39, 0.29) is 0 Å². The summed E-state index contributed by atoms with van der Waals surface area (Å²) in [4.78, 5) is 4.56. The first-order chi connectivity index (χ1) is 10.1. The van der Waals surface area contributed by atoms with E-state index in [1.807, 2.05) is 73.1 Å². The van der Waals surface area contributed by atoms with E-state index < -0.39 is 0 Å². The third-order valence-electron chi connectivity index (χ3n) is 3.32. The number of para-hydroxylation sites is 2. The Balaban J connectivity index is 2.04. The van der Waals surface area contributed by atoms with Crippen molar-refractivity contribution in [1.82, 2.24) is 9.55 Å². The Morgan fingerprint density at radius 2 is 1.76 bits per heavy atom. The van der Waals surface area contributed by atoms with Crippen molar-refractivity contribution in [3.63, 3.8) is 0 Å². The first-order valence-electron chi connectivity index (χ1n) is 6.78. The molecule has 0 spiro atoms. The van der Waals surface area contributed by atoms with Gasteiger partial charge in [-0.05, 0) is 37.6 Å². The van der Waals surface area contributed by atoms with E-state index in [9.17, 15) is 0 Å². The van der Waals surface area contributed by atoms with Crippen molar-refractivity contribution in [3.05, 3.63) is 71.0 Å². The van der Waals surface area contributed by atoms with Gasteiger partial charge in [0.25, 0.3) is 0 Å². The molecule has 106 valence electrons. The predicted octanol–water partition coefficient (Wildman–Crippen LogP) is 4.89. The van der Waals surface area contributed by atoms with E-state index >= 15 is 0 Å². The molecular weight excluding hydrogens is 282 g/mol. The molecule has 0 saturated carbocycles. The van der Waals surface area contributed by atoms with E-state index in [0.29, 0.717) is 5.02 Å². The lowest BCUT2D eigenvalue weighted by molar-refractivity contribution is 1.06. The van der Waals surface area contributed by atoms with Crippen LogP contribution < -0.4 is 5.32 Å². The zero-order chi connectivity index (χ0) is 14.8. The van der Waals surface area contributed by atoms with Gasteiger partial charge in [0, 0.05) is 11.9 Å². The van der Waals surface area contributed by atoms with Gasteiger partial charge in [-0.15, -0.1) is 0 Å². The van der Waals surface area contributed by atoms with Crippen LogP contribution in [0.2, 0.25) is 5.02 Å². The lowest BCUT2D eigenvalue weighted by Gasteiger charge is -2.13. The molecule has 0 aliphatic carbocycles. The average Bonchev–Trinajstić information content (AvgIpc) is 2.85. The number of hydrogen-bond donors (Lipinski definition) is 1. The first kappa shape index (κ1) is 13.7. The summed E-state index contributed by atoms with van der Waals surface area (Å²) in [5, 5.41) is 4.04. The summed E-state index contributed by atoms with van der Waals surface area (Å²) < 4.78 is 2.03. The highest BCUT2D eigenvalue weighted by molar-refractivity contribution is 6.33. The molecule has 0 bridgehead atoms. The fraction of sp³-hybridized carbons (Fsp3) is 0.118. The highest BCUT2D eigenvalue weighted by Crippen LogP contribution is 2.29. The van der Waals surface area contributed by atoms with Crippen molar-refractivity contribution in [2.24, 2.45) is 0 Å². The van der Waals surface area contributed by atoms with Crippen LogP contribution in [0, 0.1) is 13.8 Å². The number of rotatable bonds is 3. The van der Waals surface area contributed by atoms with Crippen molar-refractivity contribution in [2.75, 3.05) is 5.32 Å². The predicted molar refractivity (Wildman–Crippen MR) is 87.8 cm³/mol. The molecule has 3 nitrogen and oxygen atoms in total. The second kappa shape index (κ2) is 5.62. The summed E-state index contributed by atoms with van der Waals surface area (Å²) in [6, 6.07) is 16.0. The lowest BCUT2D eigenvalue weighted by atomic mass is 10.2. The lowest BCUT2D eigenvalue weighted by Crippen LogP contribution is -2.02. The normalized spacial score (nSPS) is 10.6. The topological polar surface area (TPSA) is 29.9 Å². The summed E-state index contributed by atoms with van der Waals surface area (Å²) in [5.74, 6) is 0.759. The molecule has 1 heterocycles. The van der Waals surface area contributed by atoms with Crippen LogP contribution in [0.5, 0.6) is 0 Å². The SMILES string of the molecule is Cc1cn(-c2ccccc2)c(Nc2c(C)cccc2Cl)n1. The Bertz CT molecular complexity index is 743. The van der Waals surface area contributed by atoms with Crippen LogP contribution in [0.3, 0.4) is 0 Å². The monoisotopic (exact) mass is 297 g/mol. The van der Waals surface area contributed by atoms with Gasteiger partial charge in [0.1, 0.15) is 0 Å². The van der Waals surface area contributed by atoms with Gasteiger partial charge in [-0.3, -0.25) is 4.57 Å². The van der Waals surface area contributed by atoms with Gasteiger partial charge in [-0.25, -0.2) is 4.98 Å². The molecule has 2 aromatic carbocycles. The van der Waals surface area contributed by atoms with Gasteiger partial charge in [0.05, 0.1) is 16.4 Å². The van der Waals surface area contributed by atoms with Crippen molar-refractivity contribution in [1.29, 1.82) is 0 Å². The maximum atomic E-state index is 6.29. The number of imidazole rings is 1. The summed E-state index contributed by atoms with van der Waals surface area (Å²) in [7, 11) is 0. The molecule has 0 amide bonds. The standard InChI is InChI=1S/C17H16ClN3/c1-12-7-6-10-15(18)16(12)20-17-19-13(2)11-21(17)14-8-4-3-5-9-14/h3-11H,1-2H3,(H,19,20). The van der Waals surface area contributed by atoms with Crippen LogP contribution in [0.25, 0.3) is 5.69 Å². The van der Waals surface area contributed by atoms with Crippen molar-refractivity contribution < 1.29 is 0 Å². The highest BCUT2D eigenvalue weighted by atomic mass is 35.5. The van der Waals surface area contributed by atoms with Gasteiger partial charge in [0.15, 0.2) is 0 Å². The summed E-state index contributed by atoms with van der Waals surface area (Å²) in [6.45, 7) is 4.00. The van der Waals surface area contributed by atoms with Crippen LogP contribution in [0.1, 0.15) is 11.3 Å². The molecule has 3 aromatic rings. The molecular formula is C17H16ClN3. The number of halogens is 1. The Kier molecular flexibility index (Phi) is 3.67. The number of hydrogen-bond acceptors (Lipinski definition) is 2. The smallest absolute Gasteiger partial charge is 0.212 e. The highest BCUT2D eigenvalue weighted by Gasteiger charge is 2.11. The number of aryl methyl sites for hydroxylation is 2. The van der Waals surface area contributed by atoms with Crippen LogP contribution in [-0.4, -0.2) is 9.55 Å². The van der Waals surface area contributed by atoms with Gasteiger partial charge < -0.3 is 5.32 Å². The number of nitrogens with zero attached hydrogens (tertiary/aromatic N) is 2. The molecule has 0 aliphatic heterocycles. The molecule has 3 rings (SSSR count). The Labute approximate surface area is 129 Å². The van der Waals surface area contributed by atoms with Crippen LogP contribution in [0.4, 0.5) is 11.6 Å². The number of nitrogens with one attached hydrogen (secondary N) is 1. The minimum Gasteiger partial charge on any atom is -0.324 e. The quantitative estimate of drug-likeness (QED) is 0.746. The van der Waals surface area contributed by atoms with E-state index in [0.717, 1.165) is 28.6 Å². The fourth-order valence-electron chi connectivity index (χ4n) is 2.27. The van der Waals surface area contributed by atoms with Gasteiger partial charge in [-0.1, -0.05) is 41.9 Å². The summed E-state index contributed by atoms with van der Waals surface area (Å²) >= 11 is 6.29. The van der Waals surface area contributed by atoms with Crippen molar-refractivity contribution >= 4 is 23.2 Å².